The minimum atomic E-state index is 0.603. The first-order chi connectivity index (χ1) is 8.29. The summed E-state index contributed by atoms with van der Waals surface area (Å²) in [7, 11) is 0. The molecule has 2 rings (SSSR count). The molecule has 0 amide bonds. The lowest BCUT2D eigenvalue weighted by Gasteiger charge is -1.97. The predicted octanol–water partition coefficient (Wildman–Crippen LogP) is 4.42. The van der Waals surface area contributed by atoms with Gasteiger partial charge in [0.15, 0.2) is 0 Å². The summed E-state index contributed by atoms with van der Waals surface area (Å²) in [5.41, 5.74) is 2.14. The summed E-state index contributed by atoms with van der Waals surface area (Å²) in [6, 6.07) is 10.3. The number of aryl methyl sites for hydroxylation is 1. The molecule has 0 saturated heterocycles. The molecule has 86 valence electrons. The number of hydrogen-bond donors (Lipinski definition) is 0. The van der Waals surface area contributed by atoms with Gasteiger partial charge in [-0.3, -0.25) is 0 Å². The third-order valence-electron chi connectivity index (χ3n) is 2.35. The Morgan fingerprint density at radius 3 is 3.06 bits per heavy atom. The van der Waals surface area contributed by atoms with Crippen LogP contribution in [0.5, 0.6) is 0 Å². The number of aromatic nitrogens is 1. The van der Waals surface area contributed by atoms with Gasteiger partial charge in [0, 0.05) is 28.3 Å². The Morgan fingerprint density at radius 1 is 1.41 bits per heavy atom. The highest BCUT2D eigenvalue weighted by atomic mass is 79.9. The fraction of sp³-hybridized carbons (Fsp3) is 0.231. The van der Waals surface area contributed by atoms with Gasteiger partial charge in [-0.25, -0.2) is 4.98 Å². The summed E-state index contributed by atoms with van der Waals surface area (Å²) in [5, 5.41) is 11.7. The number of halogens is 1. The summed E-state index contributed by atoms with van der Waals surface area (Å²) in [6.45, 7) is 0. The number of hydrogen-bond acceptors (Lipinski definition) is 3. The van der Waals surface area contributed by atoms with Gasteiger partial charge in [-0.2, -0.15) is 5.26 Å². The molecule has 0 spiro atoms. The van der Waals surface area contributed by atoms with Crippen LogP contribution < -0.4 is 0 Å². The Balaban J connectivity index is 2.10. The number of benzene rings is 1. The van der Waals surface area contributed by atoms with Gasteiger partial charge in [-0.15, -0.1) is 11.3 Å². The average molecular weight is 307 g/mol. The standard InChI is InChI=1S/C13H11BrN2S/c14-11-5-3-4-10(8-11)12-9-17-13(16-12)6-1-2-7-15/h3-5,8-9H,1-2,6H2. The molecule has 0 bridgehead atoms. The van der Waals surface area contributed by atoms with Crippen LogP contribution in [0.2, 0.25) is 0 Å². The van der Waals surface area contributed by atoms with E-state index in [2.05, 4.69) is 44.5 Å². The smallest absolute Gasteiger partial charge is 0.0932 e. The van der Waals surface area contributed by atoms with Gasteiger partial charge in [-0.1, -0.05) is 28.1 Å². The largest absolute Gasteiger partial charge is 0.241 e. The molecule has 0 aliphatic heterocycles. The third kappa shape index (κ3) is 3.39. The average Bonchev–Trinajstić information content (AvgIpc) is 2.78. The van der Waals surface area contributed by atoms with Crippen LogP contribution in [0.15, 0.2) is 34.1 Å². The summed E-state index contributed by atoms with van der Waals surface area (Å²) in [4.78, 5) is 4.58. The van der Waals surface area contributed by atoms with Gasteiger partial charge >= 0.3 is 0 Å². The molecule has 2 nitrogen and oxygen atoms in total. The second kappa shape index (κ2) is 5.95. The van der Waals surface area contributed by atoms with Crippen molar-refractivity contribution < 1.29 is 0 Å². The molecule has 0 saturated carbocycles. The van der Waals surface area contributed by atoms with E-state index < -0.39 is 0 Å². The van der Waals surface area contributed by atoms with Crippen molar-refractivity contribution in [2.75, 3.05) is 0 Å². The second-order valence-corrected chi connectivity index (χ2v) is 5.51. The van der Waals surface area contributed by atoms with Crippen LogP contribution >= 0.6 is 27.3 Å². The molecule has 17 heavy (non-hydrogen) atoms. The Morgan fingerprint density at radius 2 is 2.29 bits per heavy atom. The van der Waals surface area contributed by atoms with E-state index in [0.29, 0.717) is 6.42 Å². The maximum atomic E-state index is 8.49. The molecular formula is C13H11BrN2S. The molecule has 1 heterocycles. The number of thiazole rings is 1. The summed E-state index contributed by atoms with van der Waals surface area (Å²) >= 11 is 5.12. The van der Waals surface area contributed by atoms with E-state index in [4.69, 9.17) is 5.26 Å². The zero-order valence-electron chi connectivity index (χ0n) is 9.19. The van der Waals surface area contributed by atoms with Crippen molar-refractivity contribution in [2.24, 2.45) is 0 Å². The van der Waals surface area contributed by atoms with E-state index in [9.17, 15) is 0 Å². The van der Waals surface area contributed by atoms with Crippen LogP contribution in [0.4, 0.5) is 0 Å². The zero-order chi connectivity index (χ0) is 12.1. The zero-order valence-corrected chi connectivity index (χ0v) is 11.6. The van der Waals surface area contributed by atoms with E-state index in [-0.39, 0.29) is 0 Å². The quantitative estimate of drug-likeness (QED) is 0.784. The fourth-order valence-electron chi connectivity index (χ4n) is 1.52. The van der Waals surface area contributed by atoms with Crippen molar-refractivity contribution in [3.63, 3.8) is 0 Å². The molecule has 2 aromatic rings. The van der Waals surface area contributed by atoms with Crippen molar-refractivity contribution in [1.82, 2.24) is 4.98 Å². The topological polar surface area (TPSA) is 36.7 Å². The van der Waals surface area contributed by atoms with Gasteiger partial charge in [0.2, 0.25) is 0 Å². The van der Waals surface area contributed by atoms with Crippen molar-refractivity contribution in [1.29, 1.82) is 5.26 Å². The Bertz CT molecular complexity index is 542. The van der Waals surface area contributed by atoms with Crippen LogP contribution in [0.3, 0.4) is 0 Å². The maximum Gasteiger partial charge on any atom is 0.0932 e. The van der Waals surface area contributed by atoms with Crippen LogP contribution in [-0.4, -0.2) is 4.98 Å². The van der Waals surface area contributed by atoms with Gasteiger partial charge in [0.1, 0.15) is 0 Å². The normalized spacial score (nSPS) is 10.1. The molecule has 0 N–H and O–H groups in total. The molecule has 0 unspecified atom stereocenters. The summed E-state index contributed by atoms with van der Waals surface area (Å²) in [5.74, 6) is 0. The third-order valence-corrected chi connectivity index (χ3v) is 3.75. The highest BCUT2D eigenvalue weighted by Gasteiger charge is 2.04. The molecule has 4 heteroatoms. The van der Waals surface area contributed by atoms with Crippen LogP contribution in [-0.2, 0) is 6.42 Å². The fourth-order valence-corrected chi connectivity index (χ4v) is 2.77. The van der Waals surface area contributed by atoms with E-state index in [0.717, 1.165) is 33.6 Å². The first-order valence-electron chi connectivity index (χ1n) is 5.37. The highest BCUT2D eigenvalue weighted by Crippen LogP contribution is 2.25. The number of nitrogens with zero attached hydrogens (tertiary/aromatic N) is 2. The maximum absolute atomic E-state index is 8.49. The summed E-state index contributed by atoms with van der Waals surface area (Å²) < 4.78 is 1.06. The molecule has 0 aliphatic rings. The molecular weight excluding hydrogens is 296 g/mol. The number of nitriles is 1. The van der Waals surface area contributed by atoms with Crippen molar-refractivity contribution in [3.05, 3.63) is 39.1 Å². The molecule has 0 radical (unpaired) electrons. The van der Waals surface area contributed by atoms with Crippen molar-refractivity contribution >= 4 is 27.3 Å². The molecule has 1 aromatic heterocycles. The van der Waals surface area contributed by atoms with Crippen LogP contribution in [0.25, 0.3) is 11.3 Å². The van der Waals surface area contributed by atoms with E-state index >= 15 is 0 Å². The summed E-state index contributed by atoms with van der Waals surface area (Å²) in [6.07, 6.45) is 2.39. The van der Waals surface area contributed by atoms with E-state index in [1.54, 1.807) is 11.3 Å². The lowest BCUT2D eigenvalue weighted by Crippen LogP contribution is -1.84. The molecule has 0 aliphatic carbocycles. The minimum Gasteiger partial charge on any atom is -0.241 e. The number of unbranched alkanes of at least 4 members (excludes halogenated alkanes) is 1. The van der Waals surface area contributed by atoms with E-state index in [1.165, 1.54) is 0 Å². The van der Waals surface area contributed by atoms with Crippen molar-refractivity contribution in [3.8, 4) is 17.3 Å². The highest BCUT2D eigenvalue weighted by molar-refractivity contribution is 9.10. The monoisotopic (exact) mass is 306 g/mol. The van der Waals surface area contributed by atoms with Crippen LogP contribution in [0, 0.1) is 11.3 Å². The Labute approximate surface area is 113 Å². The lowest BCUT2D eigenvalue weighted by atomic mass is 10.2. The second-order valence-electron chi connectivity index (χ2n) is 3.65. The minimum absolute atomic E-state index is 0.603. The van der Waals surface area contributed by atoms with Crippen LogP contribution in [0.1, 0.15) is 17.8 Å². The Kier molecular flexibility index (Phi) is 4.29. The van der Waals surface area contributed by atoms with Gasteiger partial charge in [-0.05, 0) is 18.6 Å². The molecule has 1 aromatic carbocycles. The first kappa shape index (κ1) is 12.3. The number of rotatable bonds is 4. The van der Waals surface area contributed by atoms with Gasteiger partial charge in [0.25, 0.3) is 0 Å². The predicted molar refractivity (Wildman–Crippen MR) is 73.8 cm³/mol. The van der Waals surface area contributed by atoms with E-state index in [1.807, 2.05) is 12.1 Å². The Hall–Kier alpha value is -1.18. The SMILES string of the molecule is N#CCCCc1nc(-c2cccc(Br)c2)cs1. The first-order valence-corrected chi connectivity index (χ1v) is 7.04. The van der Waals surface area contributed by atoms with Gasteiger partial charge in [0.05, 0.1) is 16.8 Å². The molecule has 0 fully saturated rings. The van der Waals surface area contributed by atoms with Crippen molar-refractivity contribution in [2.45, 2.75) is 19.3 Å². The van der Waals surface area contributed by atoms with Gasteiger partial charge < -0.3 is 0 Å². The lowest BCUT2D eigenvalue weighted by molar-refractivity contribution is 0.843. The molecule has 0 atom stereocenters.